The van der Waals surface area contributed by atoms with Gasteiger partial charge in [-0.25, -0.2) is 4.39 Å². The Bertz CT molecular complexity index is 381. The average molecular weight is 278 g/mol. The molecule has 0 aliphatic heterocycles. The zero-order valence-electron chi connectivity index (χ0n) is 13.7. The molecular weight excluding hydrogens is 247 g/mol. The fourth-order valence-electron chi connectivity index (χ4n) is 2.79. The Morgan fingerprint density at radius 1 is 1.00 bits per heavy atom. The predicted octanol–water partition coefficient (Wildman–Crippen LogP) is 6.49. The van der Waals surface area contributed by atoms with Gasteiger partial charge in [0, 0.05) is 0 Å². The van der Waals surface area contributed by atoms with Gasteiger partial charge in [-0.15, -0.1) is 0 Å². The lowest BCUT2D eigenvalue weighted by molar-refractivity contribution is 0.455. The quantitative estimate of drug-likeness (QED) is 0.484. The van der Waals surface area contributed by atoms with Crippen LogP contribution in [-0.4, -0.2) is 0 Å². The van der Waals surface area contributed by atoms with Gasteiger partial charge in [0.05, 0.1) is 0 Å². The van der Waals surface area contributed by atoms with Crippen molar-refractivity contribution in [1.29, 1.82) is 0 Å². The second kappa shape index (κ2) is 9.15. The molecule has 0 aromatic heterocycles. The van der Waals surface area contributed by atoms with Gasteiger partial charge in [0.25, 0.3) is 0 Å². The van der Waals surface area contributed by atoms with Crippen LogP contribution in [0.2, 0.25) is 0 Å². The van der Waals surface area contributed by atoms with Crippen LogP contribution in [0.1, 0.15) is 83.3 Å². The van der Waals surface area contributed by atoms with Crippen LogP contribution in [0.3, 0.4) is 0 Å². The number of hydrogen-bond donors (Lipinski definition) is 0. The maximum atomic E-state index is 14.4. The minimum atomic E-state index is 0.0146. The van der Waals surface area contributed by atoms with E-state index in [-0.39, 0.29) is 5.82 Å². The summed E-state index contributed by atoms with van der Waals surface area (Å²) in [5.74, 6) is 1.11. The van der Waals surface area contributed by atoms with E-state index in [2.05, 4.69) is 33.8 Å². The van der Waals surface area contributed by atoms with Gasteiger partial charge in [-0.2, -0.15) is 0 Å². The van der Waals surface area contributed by atoms with Crippen LogP contribution in [-0.2, 0) is 6.42 Å². The van der Waals surface area contributed by atoms with Crippen molar-refractivity contribution in [2.24, 2.45) is 5.92 Å². The molecule has 114 valence electrons. The molecule has 1 heteroatoms. The summed E-state index contributed by atoms with van der Waals surface area (Å²) >= 11 is 0. The Morgan fingerprint density at radius 3 is 2.30 bits per heavy atom. The topological polar surface area (TPSA) is 0 Å². The minimum absolute atomic E-state index is 0.0146. The summed E-state index contributed by atoms with van der Waals surface area (Å²) in [6.45, 7) is 8.84. The summed E-state index contributed by atoms with van der Waals surface area (Å²) in [5.41, 5.74) is 2.07. The normalized spacial score (nSPS) is 12.9. The fourth-order valence-corrected chi connectivity index (χ4v) is 2.79. The maximum absolute atomic E-state index is 14.4. The molecule has 20 heavy (non-hydrogen) atoms. The Kier molecular flexibility index (Phi) is 7.87. The predicted molar refractivity (Wildman–Crippen MR) is 86.7 cm³/mol. The molecule has 0 bridgehead atoms. The fraction of sp³-hybridized carbons (Fsp3) is 0.684. The number of rotatable bonds is 9. The standard InChI is InChI=1S/C19H31F/c1-5-7-9-17(12-10-15(3)4)18-13-11-16(8-6-2)14-19(18)20/h11,13-15,17H,5-10,12H2,1-4H3. The van der Waals surface area contributed by atoms with Crippen LogP contribution in [0.25, 0.3) is 0 Å². The van der Waals surface area contributed by atoms with Gasteiger partial charge in [-0.1, -0.05) is 65.5 Å². The van der Waals surface area contributed by atoms with Crippen molar-refractivity contribution in [3.05, 3.63) is 35.1 Å². The number of aryl methyl sites for hydroxylation is 1. The first kappa shape index (κ1) is 17.2. The monoisotopic (exact) mass is 278 g/mol. The van der Waals surface area contributed by atoms with Gasteiger partial charge in [-0.05, 0) is 48.3 Å². The van der Waals surface area contributed by atoms with Gasteiger partial charge in [0.2, 0.25) is 0 Å². The summed E-state index contributed by atoms with van der Waals surface area (Å²) in [6.07, 6.45) is 7.85. The second-order valence-electron chi connectivity index (χ2n) is 6.42. The first-order chi connectivity index (χ1) is 9.58. The molecule has 1 atom stereocenters. The van der Waals surface area contributed by atoms with E-state index in [0.717, 1.165) is 36.8 Å². The number of benzene rings is 1. The van der Waals surface area contributed by atoms with Crippen molar-refractivity contribution in [2.75, 3.05) is 0 Å². The molecule has 0 amide bonds. The number of halogens is 1. The molecule has 0 N–H and O–H groups in total. The number of hydrogen-bond acceptors (Lipinski definition) is 0. The number of unbranched alkanes of at least 4 members (excludes halogenated alkanes) is 1. The van der Waals surface area contributed by atoms with Crippen LogP contribution in [0.4, 0.5) is 4.39 Å². The van der Waals surface area contributed by atoms with Gasteiger partial charge in [-0.3, -0.25) is 0 Å². The highest BCUT2D eigenvalue weighted by molar-refractivity contribution is 5.27. The van der Waals surface area contributed by atoms with E-state index in [4.69, 9.17) is 0 Å². The molecule has 0 spiro atoms. The summed E-state index contributed by atoms with van der Waals surface area (Å²) in [7, 11) is 0. The largest absolute Gasteiger partial charge is 0.207 e. The summed E-state index contributed by atoms with van der Waals surface area (Å²) in [6, 6.07) is 5.92. The van der Waals surface area contributed by atoms with Gasteiger partial charge in [0.15, 0.2) is 0 Å². The van der Waals surface area contributed by atoms with Crippen LogP contribution in [0.5, 0.6) is 0 Å². The summed E-state index contributed by atoms with van der Waals surface area (Å²) in [4.78, 5) is 0. The van der Waals surface area contributed by atoms with Crippen molar-refractivity contribution in [2.45, 2.75) is 78.6 Å². The van der Waals surface area contributed by atoms with Crippen LogP contribution in [0, 0.1) is 11.7 Å². The molecule has 0 saturated carbocycles. The Labute approximate surface area is 124 Å². The van der Waals surface area contributed by atoms with Crippen molar-refractivity contribution in [1.82, 2.24) is 0 Å². The highest BCUT2D eigenvalue weighted by atomic mass is 19.1. The van der Waals surface area contributed by atoms with Gasteiger partial charge in [0.1, 0.15) is 5.82 Å². The lowest BCUT2D eigenvalue weighted by atomic mass is 9.86. The van der Waals surface area contributed by atoms with Crippen LogP contribution < -0.4 is 0 Å². The third-order valence-corrected chi connectivity index (χ3v) is 4.04. The maximum Gasteiger partial charge on any atom is 0.126 e. The molecule has 1 unspecified atom stereocenters. The Morgan fingerprint density at radius 2 is 1.75 bits per heavy atom. The van der Waals surface area contributed by atoms with Gasteiger partial charge >= 0.3 is 0 Å². The van der Waals surface area contributed by atoms with E-state index in [1.807, 2.05) is 6.07 Å². The average Bonchev–Trinajstić information content (AvgIpc) is 2.40. The smallest absolute Gasteiger partial charge is 0.126 e. The van der Waals surface area contributed by atoms with E-state index in [1.165, 1.54) is 19.3 Å². The van der Waals surface area contributed by atoms with Crippen molar-refractivity contribution in [3.8, 4) is 0 Å². The summed E-state index contributed by atoms with van der Waals surface area (Å²) in [5, 5.41) is 0. The van der Waals surface area contributed by atoms with E-state index in [1.54, 1.807) is 6.07 Å². The van der Waals surface area contributed by atoms with Crippen molar-refractivity contribution >= 4 is 0 Å². The molecule has 0 saturated heterocycles. The lowest BCUT2D eigenvalue weighted by Crippen LogP contribution is -2.05. The Balaban J connectivity index is 2.82. The SMILES string of the molecule is CCCCC(CCC(C)C)c1ccc(CCC)cc1F. The molecule has 1 rings (SSSR count). The molecule has 0 heterocycles. The van der Waals surface area contributed by atoms with Crippen LogP contribution in [0.15, 0.2) is 18.2 Å². The molecule has 1 aromatic carbocycles. The highest BCUT2D eigenvalue weighted by Crippen LogP contribution is 2.31. The first-order valence-corrected chi connectivity index (χ1v) is 8.36. The van der Waals surface area contributed by atoms with Gasteiger partial charge < -0.3 is 0 Å². The van der Waals surface area contributed by atoms with Crippen LogP contribution >= 0.6 is 0 Å². The molecule has 1 aromatic rings. The zero-order valence-corrected chi connectivity index (χ0v) is 13.7. The van der Waals surface area contributed by atoms with Crippen molar-refractivity contribution < 1.29 is 4.39 Å². The molecular formula is C19H31F. The molecule has 0 fully saturated rings. The van der Waals surface area contributed by atoms with E-state index in [9.17, 15) is 4.39 Å². The summed E-state index contributed by atoms with van der Waals surface area (Å²) < 4.78 is 14.4. The highest BCUT2D eigenvalue weighted by Gasteiger charge is 2.16. The van der Waals surface area contributed by atoms with E-state index >= 15 is 0 Å². The minimum Gasteiger partial charge on any atom is -0.207 e. The van der Waals surface area contributed by atoms with Crippen molar-refractivity contribution in [3.63, 3.8) is 0 Å². The third-order valence-electron chi connectivity index (χ3n) is 4.04. The Hall–Kier alpha value is -0.850. The molecule has 0 aliphatic carbocycles. The zero-order chi connectivity index (χ0) is 15.0. The van der Waals surface area contributed by atoms with E-state index < -0.39 is 0 Å². The third kappa shape index (κ3) is 5.64. The second-order valence-corrected chi connectivity index (χ2v) is 6.42. The molecule has 0 radical (unpaired) electrons. The van der Waals surface area contributed by atoms with E-state index in [0.29, 0.717) is 11.8 Å². The molecule has 0 aliphatic rings. The lowest BCUT2D eigenvalue weighted by Gasteiger charge is -2.19. The first-order valence-electron chi connectivity index (χ1n) is 8.36. The molecule has 0 nitrogen and oxygen atoms in total.